The summed E-state index contributed by atoms with van der Waals surface area (Å²) < 4.78 is 27.4. The van der Waals surface area contributed by atoms with E-state index < -0.39 is 17.8 Å². The Morgan fingerprint density at radius 3 is 2.47 bits per heavy atom. The summed E-state index contributed by atoms with van der Waals surface area (Å²) in [6, 6.07) is 16.7. The molecule has 0 radical (unpaired) electrons. The van der Waals surface area contributed by atoms with Gasteiger partial charge < -0.3 is 19.1 Å². The average Bonchev–Trinajstić information content (AvgIpc) is 4.05. The maximum Gasteiger partial charge on any atom is 0.329 e. The molecule has 9 rings (SSSR count). The van der Waals surface area contributed by atoms with Crippen LogP contribution in [-0.4, -0.2) is 122 Å². The number of hydrogen-bond donors (Lipinski definition) is 1. The number of piperazine rings is 1. The van der Waals surface area contributed by atoms with Gasteiger partial charge in [-0.1, -0.05) is 29.5 Å². The number of piperidine rings is 1. The molecule has 0 bridgehead atoms. The van der Waals surface area contributed by atoms with Gasteiger partial charge in [-0.25, -0.2) is 9.18 Å². The minimum absolute atomic E-state index is 0.0454. The van der Waals surface area contributed by atoms with Gasteiger partial charge in [-0.3, -0.25) is 43.2 Å². The van der Waals surface area contributed by atoms with E-state index in [1.54, 1.807) is 53.8 Å². The van der Waals surface area contributed by atoms with E-state index in [2.05, 4.69) is 37.6 Å². The van der Waals surface area contributed by atoms with Gasteiger partial charge in [0.1, 0.15) is 17.4 Å². The van der Waals surface area contributed by atoms with Crippen LogP contribution in [0.5, 0.6) is 0 Å². The van der Waals surface area contributed by atoms with Crippen LogP contribution in [0.2, 0.25) is 0 Å². The lowest BCUT2D eigenvalue weighted by molar-refractivity contribution is -0.136. The van der Waals surface area contributed by atoms with Crippen LogP contribution in [0.15, 0.2) is 82.3 Å². The number of amides is 4. The molecule has 16 nitrogen and oxygen atoms in total. The molecule has 1 N–H and O–H groups in total. The number of nitrogens with zero attached hydrogens (tertiary/aromatic N) is 9. The highest BCUT2D eigenvalue weighted by atomic mass is 19.1. The van der Waals surface area contributed by atoms with E-state index in [-0.39, 0.29) is 53.9 Å². The maximum absolute atomic E-state index is 16.6. The third kappa shape index (κ3) is 8.34. The number of aryl methyl sites for hydroxylation is 3. The van der Waals surface area contributed by atoms with E-state index in [1.807, 2.05) is 36.4 Å². The van der Waals surface area contributed by atoms with Crippen molar-refractivity contribution in [3.8, 4) is 11.1 Å². The Hall–Kier alpha value is -6.88. The molecular formula is C47H51FN10O6. The topological polar surface area (TPSA) is 164 Å². The SMILES string of the molecule is CN(C)C(=O)c1cc2c(F)c(C3=CCCN(C(=O)CCn4ccnn4)C3)cc(-c3ccc(N4CCN(CCCc5ccc6c(c5)n(C)c(=O)n6C5CCC(=O)NC5=O)CC4)cc3)c2o1. The first-order valence-electron chi connectivity index (χ1n) is 21.8. The minimum Gasteiger partial charge on any atom is -0.450 e. The Labute approximate surface area is 368 Å². The predicted octanol–water partition coefficient (Wildman–Crippen LogP) is 4.62. The van der Waals surface area contributed by atoms with E-state index in [0.717, 1.165) is 67.9 Å². The Balaban J connectivity index is 0.857. The summed E-state index contributed by atoms with van der Waals surface area (Å²) in [5.74, 6) is -1.62. The highest BCUT2D eigenvalue weighted by molar-refractivity contribution is 6.02. The second kappa shape index (κ2) is 17.7. The Morgan fingerprint density at radius 2 is 1.73 bits per heavy atom. The fraction of sp³-hybridized carbons (Fsp3) is 0.383. The third-order valence-electron chi connectivity index (χ3n) is 12.8. The fourth-order valence-corrected chi connectivity index (χ4v) is 9.20. The van der Waals surface area contributed by atoms with E-state index in [1.165, 1.54) is 15.5 Å². The van der Waals surface area contributed by atoms with Gasteiger partial charge in [0.25, 0.3) is 5.91 Å². The van der Waals surface area contributed by atoms with Crippen molar-refractivity contribution in [3.63, 3.8) is 0 Å². The van der Waals surface area contributed by atoms with Crippen molar-refractivity contribution in [3.05, 3.63) is 106 Å². The molecule has 4 amide bonds. The van der Waals surface area contributed by atoms with Crippen molar-refractivity contribution in [1.29, 1.82) is 0 Å². The first kappa shape index (κ1) is 42.4. The number of imidazole rings is 1. The summed E-state index contributed by atoms with van der Waals surface area (Å²) in [6.45, 7) is 5.62. The molecule has 6 aromatic rings. The number of fused-ring (bicyclic) bond motifs is 2. The van der Waals surface area contributed by atoms with Crippen molar-refractivity contribution in [2.45, 2.75) is 51.1 Å². The van der Waals surface area contributed by atoms with Gasteiger partial charge in [-0.2, -0.15) is 0 Å². The quantitative estimate of drug-likeness (QED) is 0.172. The maximum atomic E-state index is 16.6. The molecule has 3 aromatic carbocycles. The molecule has 1 unspecified atom stereocenters. The number of imide groups is 1. The second-order valence-electron chi connectivity index (χ2n) is 17.1. The number of aromatic nitrogens is 5. The lowest BCUT2D eigenvalue weighted by Crippen LogP contribution is -2.46. The molecule has 6 heterocycles. The zero-order valence-corrected chi connectivity index (χ0v) is 36.3. The number of nitrogens with one attached hydrogen (secondary N) is 1. The highest BCUT2D eigenvalue weighted by Gasteiger charge is 2.32. The van der Waals surface area contributed by atoms with Gasteiger partial charge >= 0.3 is 5.69 Å². The van der Waals surface area contributed by atoms with Gasteiger partial charge in [-0.15, -0.1) is 5.10 Å². The normalized spacial score (nSPS) is 17.3. The van der Waals surface area contributed by atoms with Crippen molar-refractivity contribution in [2.75, 3.05) is 64.8 Å². The second-order valence-corrected chi connectivity index (χ2v) is 17.1. The molecule has 0 spiro atoms. The lowest BCUT2D eigenvalue weighted by atomic mass is 9.93. The number of carbonyl (C=O) groups is 4. The fourth-order valence-electron chi connectivity index (χ4n) is 9.20. The van der Waals surface area contributed by atoms with Crippen LogP contribution >= 0.6 is 0 Å². The first-order valence-corrected chi connectivity index (χ1v) is 21.8. The molecule has 1 atom stereocenters. The van der Waals surface area contributed by atoms with Crippen molar-refractivity contribution < 1.29 is 28.0 Å². The molecule has 2 fully saturated rings. The number of benzene rings is 3. The summed E-state index contributed by atoms with van der Waals surface area (Å²) >= 11 is 0. The molecule has 3 aromatic heterocycles. The zero-order chi connectivity index (χ0) is 44.6. The molecule has 17 heteroatoms. The molecule has 0 saturated carbocycles. The molecular weight excluding hydrogens is 820 g/mol. The molecule has 2 saturated heterocycles. The number of anilines is 1. The van der Waals surface area contributed by atoms with Gasteiger partial charge in [0.2, 0.25) is 17.7 Å². The predicted molar refractivity (Wildman–Crippen MR) is 239 cm³/mol. The van der Waals surface area contributed by atoms with Crippen LogP contribution in [0.1, 0.15) is 59.8 Å². The lowest BCUT2D eigenvalue weighted by Gasteiger charge is -2.36. The summed E-state index contributed by atoms with van der Waals surface area (Å²) in [5.41, 5.74) is 6.21. The van der Waals surface area contributed by atoms with E-state index >= 15 is 4.39 Å². The molecule has 0 aliphatic carbocycles. The van der Waals surface area contributed by atoms with Gasteiger partial charge in [0.15, 0.2) is 5.76 Å². The van der Waals surface area contributed by atoms with Crippen LogP contribution in [0.4, 0.5) is 10.1 Å². The van der Waals surface area contributed by atoms with Gasteiger partial charge in [0, 0.05) is 102 Å². The van der Waals surface area contributed by atoms with E-state index in [9.17, 15) is 24.0 Å². The first-order chi connectivity index (χ1) is 30.9. The zero-order valence-electron chi connectivity index (χ0n) is 36.3. The third-order valence-corrected chi connectivity index (χ3v) is 12.8. The smallest absolute Gasteiger partial charge is 0.329 e. The summed E-state index contributed by atoms with van der Waals surface area (Å²) in [7, 11) is 4.96. The van der Waals surface area contributed by atoms with Crippen molar-refractivity contribution >= 4 is 56.9 Å². The van der Waals surface area contributed by atoms with Gasteiger partial charge in [0.05, 0.1) is 29.2 Å². The average molecular weight is 871 g/mol. The van der Waals surface area contributed by atoms with E-state index in [4.69, 9.17) is 4.42 Å². The Kier molecular flexibility index (Phi) is 11.7. The summed E-state index contributed by atoms with van der Waals surface area (Å²) in [4.78, 5) is 71.7. The number of carbonyl (C=O) groups excluding carboxylic acids is 4. The van der Waals surface area contributed by atoms with Crippen molar-refractivity contribution in [1.82, 2.24) is 44.1 Å². The molecule has 64 heavy (non-hydrogen) atoms. The Morgan fingerprint density at radius 1 is 0.938 bits per heavy atom. The van der Waals surface area contributed by atoms with E-state index in [0.29, 0.717) is 53.7 Å². The molecule has 3 aliphatic heterocycles. The Bertz CT molecular complexity index is 2850. The van der Waals surface area contributed by atoms with Crippen molar-refractivity contribution in [2.24, 2.45) is 7.05 Å². The standard InChI is InChI=1S/C47H51FN10O6/c1-52(2)46(62)40-28-36-43(48)34(32-7-5-19-56(29-32)42(60)16-20-57-21-17-49-51-57)27-35(44(36)64-40)31-9-11-33(12-10-31)55-24-22-54(23-25-55)18-4-6-30-8-13-37-39(26-30)53(3)47(63)58(37)38-14-15-41(59)50-45(38)61/h7-13,17,21,26-28,38H,4-6,14-16,18-20,22-25,29H2,1-3H3,(H,50,59,61). The van der Waals surface area contributed by atoms with Crippen LogP contribution in [0.3, 0.4) is 0 Å². The summed E-state index contributed by atoms with van der Waals surface area (Å²) in [6.07, 6.45) is 8.39. The van der Waals surface area contributed by atoms with Crippen LogP contribution < -0.4 is 15.9 Å². The largest absolute Gasteiger partial charge is 0.450 e. The van der Waals surface area contributed by atoms with Gasteiger partial charge in [-0.05, 0) is 79.3 Å². The number of hydrogen-bond acceptors (Lipinski definition) is 10. The molecule has 332 valence electrons. The number of halogens is 1. The highest BCUT2D eigenvalue weighted by Crippen LogP contribution is 2.39. The minimum atomic E-state index is -0.707. The molecule has 3 aliphatic rings. The number of furan rings is 1. The van der Waals surface area contributed by atoms with Crippen LogP contribution in [0, 0.1) is 5.82 Å². The van der Waals surface area contributed by atoms with Crippen LogP contribution in [-0.2, 0) is 34.4 Å². The monoisotopic (exact) mass is 870 g/mol. The number of rotatable bonds is 12. The summed E-state index contributed by atoms with van der Waals surface area (Å²) in [5, 5.41) is 10.3. The van der Waals surface area contributed by atoms with Crippen LogP contribution in [0.25, 0.3) is 38.7 Å².